The maximum absolute atomic E-state index is 5.58. The summed E-state index contributed by atoms with van der Waals surface area (Å²) in [5.41, 5.74) is 8.65. The molecule has 0 aliphatic heterocycles. The summed E-state index contributed by atoms with van der Waals surface area (Å²) in [6.07, 6.45) is 1.75. The fraction of sp³-hybridized carbons (Fsp3) is 0. The number of aromatic nitrogens is 2. The van der Waals surface area contributed by atoms with E-state index in [0.717, 1.165) is 26.3 Å². The summed E-state index contributed by atoms with van der Waals surface area (Å²) in [5.74, 6) is 0.522. The summed E-state index contributed by atoms with van der Waals surface area (Å²) in [6, 6.07) is 11.8. The van der Waals surface area contributed by atoms with Crippen molar-refractivity contribution in [1.29, 1.82) is 0 Å². The summed E-state index contributed by atoms with van der Waals surface area (Å²) >= 11 is 5.03. The van der Waals surface area contributed by atoms with Crippen LogP contribution in [-0.4, -0.2) is 9.97 Å². The Morgan fingerprint density at radius 1 is 1.00 bits per heavy atom. The lowest BCUT2D eigenvalue weighted by Crippen LogP contribution is -1.88. The lowest BCUT2D eigenvalue weighted by Gasteiger charge is -1.97. The molecule has 2 aromatic heterocycles. The van der Waals surface area contributed by atoms with Gasteiger partial charge in [-0.1, -0.05) is 28.1 Å². The molecule has 0 amide bonds. The van der Waals surface area contributed by atoms with E-state index in [1.807, 2.05) is 30.3 Å². The molecule has 2 heterocycles. The van der Waals surface area contributed by atoms with Gasteiger partial charge in [0.15, 0.2) is 0 Å². The van der Waals surface area contributed by atoms with Crippen LogP contribution in [0.4, 0.5) is 5.82 Å². The number of halogens is 1. The van der Waals surface area contributed by atoms with E-state index in [1.54, 1.807) is 23.6 Å². The normalized spacial score (nSPS) is 10.6. The molecule has 1 aromatic carbocycles. The van der Waals surface area contributed by atoms with Gasteiger partial charge in [-0.25, -0.2) is 9.97 Å². The molecule has 19 heavy (non-hydrogen) atoms. The molecule has 3 nitrogen and oxygen atoms in total. The molecule has 0 saturated heterocycles. The molecule has 0 aliphatic carbocycles. The SMILES string of the molecule is Nc1ccc(-c2nc(-c3ccc(Br)cc3)cs2)cn1. The molecule has 0 aliphatic rings. The van der Waals surface area contributed by atoms with Gasteiger partial charge in [-0.2, -0.15) is 0 Å². The van der Waals surface area contributed by atoms with E-state index in [4.69, 9.17) is 5.73 Å². The molecule has 0 atom stereocenters. The average Bonchev–Trinajstić information content (AvgIpc) is 2.90. The Morgan fingerprint density at radius 2 is 1.74 bits per heavy atom. The van der Waals surface area contributed by atoms with Crippen molar-refractivity contribution in [2.75, 3.05) is 5.73 Å². The monoisotopic (exact) mass is 331 g/mol. The van der Waals surface area contributed by atoms with Crippen molar-refractivity contribution in [2.45, 2.75) is 0 Å². The van der Waals surface area contributed by atoms with Gasteiger partial charge in [0, 0.05) is 27.2 Å². The Balaban J connectivity index is 1.95. The van der Waals surface area contributed by atoms with E-state index < -0.39 is 0 Å². The molecule has 3 aromatic rings. The molecular formula is C14H10BrN3S. The fourth-order valence-corrected chi connectivity index (χ4v) is 2.78. The molecule has 2 N–H and O–H groups in total. The number of nitrogen functional groups attached to an aromatic ring is 1. The zero-order chi connectivity index (χ0) is 13.2. The second-order valence-corrected chi connectivity index (χ2v) is 5.79. The average molecular weight is 332 g/mol. The van der Waals surface area contributed by atoms with E-state index in [2.05, 4.69) is 31.3 Å². The quantitative estimate of drug-likeness (QED) is 0.764. The van der Waals surface area contributed by atoms with Crippen LogP contribution in [0.2, 0.25) is 0 Å². The molecule has 94 valence electrons. The third kappa shape index (κ3) is 2.67. The van der Waals surface area contributed by atoms with E-state index in [-0.39, 0.29) is 0 Å². The molecule has 0 saturated carbocycles. The van der Waals surface area contributed by atoms with E-state index in [9.17, 15) is 0 Å². The van der Waals surface area contributed by atoms with E-state index in [0.29, 0.717) is 5.82 Å². The van der Waals surface area contributed by atoms with Gasteiger partial charge < -0.3 is 5.73 Å². The first-order valence-electron chi connectivity index (χ1n) is 5.66. The van der Waals surface area contributed by atoms with Crippen LogP contribution < -0.4 is 5.73 Å². The Kier molecular flexibility index (Phi) is 3.31. The molecule has 5 heteroatoms. The van der Waals surface area contributed by atoms with Crippen molar-refractivity contribution in [3.8, 4) is 21.8 Å². The number of nitrogens with zero attached hydrogens (tertiary/aromatic N) is 2. The van der Waals surface area contributed by atoms with Gasteiger partial charge in [0.25, 0.3) is 0 Å². The lowest BCUT2D eigenvalue weighted by molar-refractivity contribution is 1.32. The topological polar surface area (TPSA) is 51.8 Å². The first-order valence-corrected chi connectivity index (χ1v) is 7.33. The van der Waals surface area contributed by atoms with Crippen molar-refractivity contribution < 1.29 is 0 Å². The van der Waals surface area contributed by atoms with Crippen LogP contribution in [0.25, 0.3) is 21.8 Å². The fourth-order valence-electron chi connectivity index (χ4n) is 1.69. The maximum Gasteiger partial charge on any atom is 0.125 e. The maximum atomic E-state index is 5.58. The first kappa shape index (κ1) is 12.3. The summed E-state index contributed by atoms with van der Waals surface area (Å²) in [6.45, 7) is 0. The number of nitrogens with two attached hydrogens (primary N) is 1. The minimum absolute atomic E-state index is 0.522. The molecule has 0 radical (unpaired) electrons. The Bertz CT molecular complexity index is 629. The Hall–Kier alpha value is -1.72. The number of benzene rings is 1. The van der Waals surface area contributed by atoms with Crippen molar-refractivity contribution in [2.24, 2.45) is 0 Å². The number of hydrogen-bond donors (Lipinski definition) is 1. The largest absolute Gasteiger partial charge is 0.384 e. The van der Waals surface area contributed by atoms with Gasteiger partial charge in [0.05, 0.1) is 5.69 Å². The van der Waals surface area contributed by atoms with Gasteiger partial charge in [0.2, 0.25) is 0 Å². The number of hydrogen-bond acceptors (Lipinski definition) is 4. The van der Waals surface area contributed by atoms with Crippen LogP contribution in [0.15, 0.2) is 52.4 Å². The molecule has 0 bridgehead atoms. The van der Waals surface area contributed by atoms with Crippen LogP contribution in [-0.2, 0) is 0 Å². The van der Waals surface area contributed by atoms with Crippen molar-refractivity contribution in [1.82, 2.24) is 9.97 Å². The first-order chi connectivity index (χ1) is 9.22. The van der Waals surface area contributed by atoms with Crippen LogP contribution >= 0.6 is 27.3 Å². The van der Waals surface area contributed by atoms with E-state index in [1.165, 1.54) is 0 Å². The smallest absolute Gasteiger partial charge is 0.125 e. The lowest BCUT2D eigenvalue weighted by atomic mass is 10.2. The molecule has 0 spiro atoms. The number of thiazole rings is 1. The van der Waals surface area contributed by atoms with Crippen LogP contribution in [0.5, 0.6) is 0 Å². The molecule has 3 rings (SSSR count). The minimum Gasteiger partial charge on any atom is -0.384 e. The molecular weight excluding hydrogens is 322 g/mol. The summed E-state index contributed by atoms with van der Waals surface area (Å²) in [5, 5.41) is 3.00. The number of pyridine rings is 1. The molecule has 0 unspecified atom stereocenters. The highest BCUT2D eigenvalue weighted by Crippen LogP contribution is 2.29. The van der Waals surface area contributed by atoms with Crippen molar-refractivity contribution in [3.63, 3.8) is 0 Å². The Labute approximate surface area is 123 Å². The third-order valence-corrected chi connectivity index (χ3v) is 4.10. The van der Waals surface area contributed by atoms with Gasteiger partial charge >= 0.3 is 0 Å². The van der Waals surface area contributed by atoms with Crippen LogP contribution in [0.3, 0.4) is 0 Å². The Morgan fingerprint density at radius 3 is 2.42 bits per heavy atom. The van der Waals surface area contributed by atoms with Gasteiger partial charge in [0.1, 0.15) is 10.8 Å². The number of anilines is 1. The number of rotatable bonds is 2. The zero-order valence-electron chi connectivity index (χ0n) is 9.88. The zero-order valence-corrected chi connectivity index (χ0v) is 12.3. The van der Waals surface area contributed by atoms with Crippen LogP contribution in [0, 0.1) is 0 Å². The predicted octanol–water partition coefficient (Wildman–Crippen LogP) is 4.22. The highest BCUT2D eigenvalue weighted by molar-refractivity contribution is 9.10. The van der Waals surface area contributed by atoms with Crippen molar-refractivity contribution >= 4 is 33.1 Å². The van der Waals surface area contributed by atoms with Crippen molar-refractivity contribution in [3.05, 3.63) is 52.4 Å². The van der Waals surface area contributed by atoms with Gasteiger partial charge in [-0.15, -0.1) is 11.3 Å². The van der Waals surface area contributed by atoms with E-state index >= 15 is 0 Å². The summed E-state index contributed by atoms with van der Waals surface area (Å²) in [7, 11) is 0. The summed E-state index contributed by atoms with van der Waals surface area (Å²) in [4.78, 5) is 8.72. The van der Waals surface area contributed by atoms with Crippen LogP contribution in [0.1, 0.15) is 0 Å². The highest BCUT2D eigenvalue weighted by atomic mass is 79.9. The summed E-state index contributed by atoms with van der Waals surface area (Å²) < 4.78 is 1.06. The minimum atomic E-state index is 0.522. The van der Waals surface area contributed by atoms with Gasteiger partial charge in [-0.3, -0.25) is 0 Å². The highest BCUT2D eigenvalue weighted by Gasteiger charge is 2.06. The second-order valence-electron chi connectivity index (χ2n) is 4.02. The second kappa shape index (κ2) is 5.11. The predicted molar refractivity (Wildman–Crippen MR) is 82.9 cm³/mol. The molecule has 0 fully saturated rings. The van der Waals surface area contributed by atoms with Gasteiger partial charge in [-0.05, 0) is 24.3 Å². The third-order valence-electron chi connectivity index (χ3n) is 2.68. The standard InChI is InChI=1S/C14H10BrN3S/c15-11-4-1-9(2-5-11)12-8-19-14(18-12)10-3-6-13(16)17-7-10/h1-8H,(H2,16,17).